The summed E-state index contributed by atoms with van der Waals surface area (Å²) in [6, 6.07) is 7.21. The third-order valence-electron chi connectivity index (χ3n) is 6.69. The number of amides is 1. The lowest BCUT2D eigenvalue weighted by Crippen LogP contribution is -2.79. The summed E-state index contributed by atoms with van der Waals surface area (Å²) >= 11 is 0. The molecule has 2 heterocycles. The van der Waals surface area contributed by atoms with Crippen molar-refractivity contribution in [3.05, 3.63) is 35.9 Å². The fourth-order valence-electron chi connectivity index (χ4n) is 5.04. The van der Waals surface area contributed by atoms with E-state index in [1.165, 1.54) is 0 Å². The molecule has 10 heteroatoms. The van der Waals surface area contributed by atoms with Crippen LogP contribution in [0.25, 0.3) is 0 Å². The van der Waals surface area contributed by atoms with Crippen LogP contribution in [0.15, 0.2) is 30.3 Å². The van der Waals surface area contributed by atoms with E-state index in [9.17, 15) is 20.1 Å². The lowest BCUT2D eigenvalue weighted by atomic mass is 9.79. The van der Waals surface area contributed by atoms with Gasteiger partial charge in [-0.15, -0.1) is 0 Å². The van der Waals surface area contributed by atoms with Crippen molar-refractivity contribution in [3.63, 3.8) is 0 Å². The van der Waals surface area contributed by atoms with Gasteiger partial charge in [0.25, 0.3) is 0 Å². The van der Waals surface area contributed by atoms with Crippen LogP contribution in [0.3, 0.4) is 0 Å². The molecule has 6 N–H and O–H groups in total. The highest BCUT2D eigenvalue weighted by molar-refractivity contribution is 5.79. The summed E-state index contributed by atoms with van der Waals surface area (Å²) < 4.78 is 18.0. The van der Waals surface area contributed by atoms with Gasteiger partial charge in [0.1, 0.15) is 18.3 Å². The van der Waals surface area contributed by atoms with Gasteiger partial charge in [-0.25, -0.2) is 0 Å². The molecule has 0 spiro atoms. The van der Waals surface area contributed by atoms with Crippen LogP contribution in [-0.4, -0.2) is 96.0 Å². The Morgan fingerprint density at radius 2 is 1.75 bits per heavy atom. The summed E-state index contributed by atoms with van der Waals surface area (Å²) in [5, 5.41) is 41.9. The maximum atomic E-state index is 12.7. The molecular formula is C22H33N3O7. The molecule has 3 aliphatic rings. The third kappa shape index (κ3) is 4.17. The van der Waals surface area contributed by atoms with Crippen molar-refractivity contribution in [3.8, 4) is 0 Å². The van der Waals surface area contributed by atoms with Crippen molar-refractivity contribution in [2.45, 2.75) is 80.5 Å². The van der Waals surface area contributed by atoms with Gasteiger partial charge in [0.05, 0.1) is 36.8 Å². The summed E-state index contributed by atoms with van der Waals surface area (Å²) in [5.41, 5.74) is 0.849. The van der Waals surface area contributed by atoms with Crippen molar-refractivity contribution in [1.82, 2.24) is 16.0 Å². The maximum absolute atomic E-state index is 12.7. The number of aliphatic hydroxyl groups excluding tert-OH is 2. The molecule has 10 nitrogen and oxygen atoms in total. The molecular weight excluding hydrogens is 418 g/mol. The highest BCUT2D eigenvalue weighted by Crippen LogP contribution is 2.41. The van der Waals surface area contributed by atoms with E-state index in [1.54, 1.807) is 14.1 Å². The third-order valence-corrected chi connectivity index (χ3v) is 6.69. The average molecular weight is 452 g/mol. The molecule has 1 aromatic carbocycles. The topological polar surface area (TPSA) is 142 Å². The van der Waals surface area contributed by atoms with E-state index in [-0.39, 0.29) is 18.4 Å². The first-order valence-corrected chi connectivity index (χ1v) is 11.0. The van der Waals surface area contributed by atoms with E-state index in [4.69, 9.17) is 14.2 Å². The SMILES string of the molecule is CN[C@@H]1[C@H](O)[C@H](NC)[C@H]2O[C@]3(O)[C@H](O[C@@H]2[C@H]1O)O[C@H](C)C[C@H]3NC(=O)Cc1ccccc1. The smallest absolute Gasteiger partial charge is 0.239 e. The molecule has 0 aromatic heterocycles. The van der Waals surface area contributed by atoms with Crippen LogP contribution in [-0.2, 0) is 25.4 Å². The van der Waals surface area contributed by atoms with Crippen molar-refractivity contribution in [1.29, 1.82) is 0 Å². The van der Waals surface area contributed by atoms with Gasteiger partial charge in [-0.1, -0.05) is 30.3 Å². The number of carbonyl (C=O) groups excluding carboxylic acids is 1. The number of ether oxygens (including phenoxy) is 3. The lowest BCUT2D eigenvalue weighted by molar-refractivity contribution is -0.449. The van der Waals surface area contributed by atoms with Gasteiger partial charge in [0.2, 0.25) is 18.0 Å². The summed E-state index contributed by atoms with van der Waals surface area (Å²) in [7, 11) is 3.30. The zero-order chi connectivity index (χ0) is 23.0. The fraction of sp³-hybridized carbons (Fsp3) is 0.682. The quantitative estimate of drug-likeness (QED) is 0.307. The lowest BCUT2D eigenvalue weighted by Gasteiger charge is -2.58. The van der Waals surface area contributed by atoms with Crippen LogP contribution < -0.4 is 16.0 Å². The number of likely N-dealkylation sites (N-methyl/N-ethyl adjacent to an activating group) is 2. The van der Waals surface area contributed by atoms with Crippen LogP contribution in [0.1, 0.15) is 18.9 Å². The molecule has 32 heavy (non-hydrogen) atoms. The van der Waals surface area contributed by atoms with E-state index < -0.39 is 54.6 Å². The largest absolute Gasteiger partial charge is 0.390 e. The summed E-state index contributed by atoms with van der Waals surface area (Å²) in [6.45, 7) is 1.82. The molecule has 2 saturated heterocycles. The Labute approximate surface area is 187 Å². The maximum Gasteiger partial charge on any atom is 0.239 e. The summed E-state index contributed by atoms with van der Waals surface area (Å²) in [5.74, 6) is -2.25. The van der Waals surface area contributed by atoms with Gasteiger partial charge < -0.3 is 45.5 Å². The number of rotatable bonds is 5. The first-order chi connectivity index (χ1) is 15.3. The van der Waals surface area contributed by atoms with E-state index in [1.807, 2.05) is 37.3 Å². The molecule has 2 aliphatic heterocycles. The predicted octanol–water partition coefficient (Wildman–Crippen LogP) is -1.77. The Kier molecular flexibility index (Phi) is 6.85. The second-order valence-electron chi connectivity index (χ2n) is 8.84. The van der Waals surface area contributed by atoms with Crippen LogP contribution in [0.2, 0.25) is 0 Å². The van der Waals surface area contributed by atoms with Gasteiger partial charge in [0.15, 0.2) is 0 Å². The number of fused-ring (bicyclic) bond motifs is 2. The highest BCUT2D eigenvalue weighted by Gasteiger charge is 2.63. The van der Waals surface area contributed by atoms with E-state index in [0.29, 0.717) is 6.42 Å². The fourth-order valence-corrected chi connectivity index (χ4v) is 5.04. The first-order valence-electron chi connectivity index (χ1n) is 11.0. The Morgan fingerprint density at radius 3 is 2.41 bits per heavy atom. The summed E-state index contributed by atoms with van der Waals surface area (Å²) in [6.07, 6.45) is -4.90. The molecule has 178 valence electrons. The number of carbonyl (C=O) groups is 1. The van der Waals surface area contributed by atoms with E-state index in [0.717, 1.165) is 5.56 Å². The molecule has 4 rings (SSSR count). The van der Waals surface area contributed by atoms with E-state index >= 15 is 0 Å². The molecule has 0 bridgehead atoms. The number of hydrogen-bond acceptors (Lipinski definition) is 9. The number of hydrogen-bond donors (Lipinski definition) is 6. The van der Waals surface area contributed by atoms with Gasteiger partial charge in [0, 0.05) is 0 Å². The Balaban J connectivity index is 1.56. The number of nitrogens with one attached hydrogen (secondary N) is 3. The van der Waals surface area contributed by atoms with Crippen molar-refractivity contribution >= 4 is 5.91 Å². The van der Waals surface area contributed by atoms with Gasteiger partial charge >= 0.3 is 0 Å². The average Bonchev–Trinajstić information content (AvgIpc) is 2.75. The minimum absolute atomic E-state index is 0.153. The molecule has 1 aromatic rings. The Hall–Kier alpha value is -1.63. The minimum Gasteiger partial charge on any atom is -0.390 e. The molecule has 1 saturated carbocycles. The second kappa shape index (κ2) is 9.32. The van der Waals surface area contributed by atoms with Crippen molar-refractivity contribution < 1.29 is 34.3 Å². The van der Waals surface area contributed by atoms with Gasteiger partial charge in [-0.2, -0.15) is 0 Å². The standard InChI is InChI=1S/C22H33N3O7/c1-11-9-13(25-14(26)10-12-7-5-4-6-8-12)22(29)21(30-11)31-20-18(28)15(23-2)17(27)16(24-3)19(20)32-22/h4-8,11,13,15-21,23-24,27-29H,9-10H2,1-3H3,(H,25,26)/t11-,13-,15-,16+,17+,18+,19-,20-,21+,22+/m1/s1. The monoisotopic (exact) mass is 451 g/mol. The van der Waals surface area contributed by atoms with Crippen LogP contribution >= 0.6 is 0 Å². The Bertz CT molecular complexity index is 799. The minimum atomic E-state index is -1.99. The number of aliphatic hydroxyl groups is 3. The van der Waals surface area contributed by atoms with Gasteiger partial charge in [-0.05, 0) is 33.0 Å². The van der Waals surface area contributed by atoms with Crippen LogP contribution in [0, 0.1) is 0 Å². The highest BCUT2D eigenvalue weighted by atomic mass is 16.8. The predicted molar refractivity (Wildman–Crippen MR) is 113 cm³/mol. The molecule has 3 fully saturated rings. The van der Waals surface area contributed by atoms with E-state index in [2.05, 4.69) is 16.0 Å². The Morgan fingerprint density at radius 1 is 1.06 bits per heavy atom. The van der Waals surface area contributed by atoms with Gasteiger partial charge in [-0.3, -0.25) is 4.79 Å². The van der Waals surface area contributed by atoms with Crippen molar-refractivity contribution in [2.24, 2.45) is 0 Å². The van der Waals surface area contributed by atoms with Crippen LogP contribution in [0.5, 0.6) is 0 Å². The normalized spacial score (nSPS) is 43.8. The zero-order valence-corrected chi connectivity index (χ0v) is 18.5. The van der Waals surface area contributed by atoms with Crippen molar-refractivity contribution in [2.75, 3.05) is 14.1 Å². The molecule has 0 unspecified atom stereocenters. The first kappa shape index (κ1) is 23.5. The molecule has 1 aliphatic carbocycles. The second-order valence-corrected chi connectivity index (χ2v) is 8.84. The molecule has 10 atom stereocenters. The number of benzene rings is 1. The molecule has 1 amide bonds. The molecule has 0 radical (unpaired) electrons. The zero-order valence-electron chi connectivity index (χ0n) is 18.5. The van der Waals surface area contributed by atoms with Crippen LogP contribution in [0.4, 0.5) is 0 Å². The summed E-state index contributed by atoms with van der Waals surface area (Å²) in [4.78, 5) is 12.7.